The number of aromatic hydroxyl groups is 1. The minimum Gasteiger partial charge on any atom is -0.505 e. The molecule has 1 heterocycles. The van der Waals surface area contributed by atoms with Gasteiger partial charge in [-0.3, -0.25) is 4.79 Å². The van der Waals surface area contributed by atoms with E-state index in [0.717, 1.165) is 12.8 Å². The van der Waals surface area contributed by atoms with Gasteiger partial charge in [0.15, 0.2) is 5.69 Å². The fourth-order valence-corrected chi connectivity index (χ4v) is 5.58. The van der Waals surface area contributed by atoms with Crippen LogP contribution in [0.3, 0.4) is 0 Å². The molecular weight excluding hydrogens is 304 g/mol. The molecule has 3 N–H and O–H groups in total. The average Bonchev–Trinajstić information content (AvgIpc) is 2.60. The molecule has 4 aliphatic rings. The summed E-state index contributed by atoms with van der Waals surface area (Å²) in [7, 11) is 0. The second kappa shape index (κ2) is 6.03. The summed E-state index contributed by atoms with van der Waals surface area (Å²) in [6, 6.07) is 1.47. The van der Waals surface area contributed by atoms with Gasteiger partial charge in [0, 0.05) is 6.20 Å². The number of fused-ring (bicyclic) bond motifs is 2. The van der Waals surface area contributed by atoms with Gasteiger partial charge in [-0.2, -0.15) is 0 Å². The second-order valence-electron chi connectivity index (χ2n) is 7.83. The SMILES string of the molecule is Cc1ccnc(C(=O)N[C@H]2C(O)[C@@H]3CC[C@H]2[C@@H]2CCCC[C@@H]23)c1O. The summed E-state index contributed by atoms with van der Waals surface area (Å²) in [4.78, 5) is 16.7. The van der Waals surface area contributed by atoms with E-state index in [0.29, 0.717) is 29.2 Å². The van der Waals surface area contributed by atoms with Crippen LogP contribution in [0, 0.1) is 30.6 Å². The number of aromatic nitrogens is 1. The van der Waals surface area contributed by atoms with Crippen molar-refractivity contribution in [2.75, 3.05) is 0 Å². The standard InChI is InChI=1S/C19H26N2O3/c1-10-8-9-20-16(17(10)22)19(24)21-15-13-6-7-14(18(15)23)12-5-3-2-4-11(12)13/h8-9,11-15,18,22-23H,2-7H2,1H3,(H,21,24)/t11-,12+,13+,14-,15-,18?/m1/s1. The smallest absolute Gasteiger partial charge is 0.274 e. The highest BCUT2D eigenvalue weighted by Crippen LogP contribution is 2.54. The van der Waals surface area contributed by atoms with E-state index < -0.39 is 6.10 Å². The first kappa shape index (κ1) is 15.9. The molecule has 24 heavy (non-hydrogen) atoms. The Morgan fingerprint density at radius 1 is 1.12 bits per heavy atom. The molecule has 4 saturated carbocycles. The quantitative estimate of drug-likeness (QED) is 0.778. The lowest BCUT2D eigenvalue weighted by molar-refractivity contribution is -0.112. The number of amides is 1. The fraction of sp³-hybridized carbons (Fsp3) is 0.684. The summed E-state index contributed by atoms with van der Waals surface area (Å²) < 4.78 is 0. The first-order chi connectivity index (χ1) is 11.6. The van der Waals surface area contributed by atoms with Gasteiger partial charge in [-0.1, -0.05) is 12.8 Å². The van der Waals surface area contributed by atoms with Crippen LogP contribution in [-0.2, 0) is 0 Å². The van der Waals surface area contributed by atoms with Crippen LogP contribution in [0.1, 0.15) is 54.6 Å². The summed E-state index contributed by atoms with van der Waals surface area (Å²) in [6.45, 7) is 1.75. The third-order valence-electron chi connectivity index (χ3n) is 6.71. The molecule has 4 fully saturated rings. The van der Waals surface area contributed by atoms with Crippen LogP contribution >= 0.6 is 0 Å². The average molecular weight is 330 g/mol. The van der Waals surface area contributed by atoms with Crippen molar-refractivity contribution < 1.29 is 15.0 Å². The lowest BCUT2D eigenvalue weighted by atomic mass is 9.52. The molecular formula is C19H26N2O3. The minimum atomic E-state index is -0.473. The molecule has 6 atom stereocenters. The zero-order chi connectivity index (χ0) is 16.8. The molecule has 0 spiro atoms. The Morgan fingerprint density at radius 3 is 2.54 bits per heavy atom. The number of pyridine rings is 1. The Balaban J connectivity index is 1.56. The van der Waals surface area contributed by atoms with Crippen LogP contribution < -0.4 is 5.32 Å². The fourth-order valence-electron chi connectivity index (χ4n) is 5.58. The predicted octanol–water partition coefficient (Wildman–Crippen LogP) is 2.40. The molecule has 0 aliphatic heterocycles. The maximum atomic E-state index is 12.6. The summed E-state index contributed by atoms with van der Waals surface area (Å²) in [5.41, 5.74) is 0.692. The van der Waals surface area contributed by atoms with Gasteiger partial charge in [-0.15, -0.1) is 0 Å². The lowest BCUT2D eigenvalue weighted by Crippen LogP contribution is -2.63. The van der Waals surface area contributed by atoms with Crippen molar-refractivity contribution in [1.29, 1.82) is 0 Å². The van der Waals surface area contributed by atoms with E-state index in [9.17, 15) is 15.0 Å². The maximum Gasteiger partial charge on any atom is 0.274 e. The monoisotopic (exact) mass is 330 g/mol. The van der Waals surface area contributed by atoms with Crippen LogP contribution in [0.25, 0.3) is 0 Å². The van der Waals surface area contributed by atoms with E-state index >= 15 is 0 Å². The number of aryl methyl sites for hydroxylation is 1. The zero-order valence-electron chi connectivity index (χ0n) is 14.1. The third kappa shape index (κ3) is 2.41. The van der Waals surface area contributed by atoms with Gasteiger partial charge in [-0.05, 0) is 67.9 Å². The number of nitrogens with one attached hydrogen (secondary N) is 1. The summed E-state index contributed by atoms with van der Waals surface area (Å²) in [6.07, 6.45) is 8.21. The molecule has 5 nitrogen and oxygen atoms in total. The maximum absolute atomic E-state index is 12.6. The molecule has 1 amide bonds. The second-order valence-corrected chi connectivity index (χ2v) is 7.83. The van der Waals surface area contributed by atoms with Gasteiger partial charge in [0.25, 0.3) is 5.91 Å². The van der Waals surface area contributed by atoms with Gasteiger partial charge in [-0.25, -0.2) is 4.98 Å². The summed E-state index contributed by atoms with van der Waals surface area (Å²) in [5.74, 6) is 1.48. The van der Waals surface area contributed by atoms with Crippen molar-refractivity contribution in [1.82, 2.24) is 10.3 Å². The molecule has 1 aromatic rings. The third-order valence-corrected chi connectivity index (χ3v) is 6.71. The molecule has 0 radical (unpaired) electrons. The van der Waals surface area contributed by atoms with E-state index in [-0.39, 0.29) is 23.4 Å². The number of aliphatic hydroxyl groups is 1. The normalized spacial score (nSPS) is 37.8. The van der Waals surface area contributed by atoms with E-state index in [2.05, 4.69) is 10.3 Å². The van der Waals surface area contributed by atoms with Crippen molar-refractivity contribution in [3.63, 3.8) is 0 Å². The Kier molecular flexibility index (Phi) is 3.99. The molecule has 5 heteroatoms. The van der Waals surface area contributed by atoms with Crippen LogP contribution in [-0.4, -0.2) is 33.3 Å². The van der Waals surface area contributed by atoms with Crippen molar-refractivity contribution in [3.05, 3.63) is 23.5 Å². The number of hydrogen-bond acceptors (Lipinski definition) is 4. The highest BCUT2D eigenvalue weighted by Gasteiger charge is 2.54. The molecule has 5 rings (SSSR count). The number of carbonyl (C=O) groups is 1. The minimum absolute atomic E-state index is 0.0591. The molecule has 1 aromatic heterocycles. The van der Waals surface area contributed by atoms with Gasteiger partial charge in [0.2, 0.25) is 0 Å². The first-order valence-corrected chi connectivity index (χ1v) is 9.21. The van der Waals surface area contributed by atoms with Crippen LogP contribution in [0.15, 0.2) is 12.3 Å². The lowest BCUT2D eigenvalue weighted by Gasteiger charge is -2.57. The number of aliphatic hydroxyl groups excluding tert-OH is 1. The van der Waals surface area contributed by atoms with Crippen molar-refractivity contribution in [2.24, 2.45) is 23.7 Å². The molecule has 4 aliphatic carbocycles. The Labute approximate surface area is 142 Å². The first-order valence-electron chi connectivity index (χ1n) is 9.21. The van der Waals surface area contributed by atoms with Crippen LogP contribution in [0.2, 0.25) is 0 Å². The molecule has 130 valence electrons. The Hall–Kier alpha value is -1.62. The number of rotatable bonds is 2. The molecule has 2 bridgehead atoms. The largest absolute Gasteiger partial charge is 0.505 e. The van der Waals surface area contributed by atoms with E-state index in [1.807, 2.05) is 0 Å². The van der Waals surface area contributed by atoms with Gasteiger partial charge in [0.1, 0.15) is 5.75 Å². The molecule has 0 aromatic carbocycles. The highest BCUT2D eigenvalue weighted by molar-refractivity contribution is 5.95. The van der Waals surface area contributed by atoms with Crippen LogP contribution in [0.4, 0.5) is 0 Å². The van der Waals surface area contributed by atoms with Gasteiger partial charge >= 0.3 is 0 Å². The zero-order valence-corrected chi connectivity index (χ0v) is 14.1. The van der Waals surface area contributed by atoms with Gasteiger partial charge < -0.3 is 15.5 Å². The van der Waals surface area contributed by atoms with E-state index in [4.69, 9.17) is 0 Å². The Bertz CT molecular complexity index is 643. The Morgan fingerprint density at radius 2 is 1.79 bits per heavy atom. The highest BCUT2D eigenvalue weighted by atomic mass is 16.3. The molecule has 1 unspecified atom stereocenters. The van der Waals surface area contributed by atoms with Crippen molar-refractivity contribution in [2.45, 2.75) is 57.6 Å². The van der Waals surface area contributed by atoms with E-state index in [1.54, 1.807) is 13.0 Å². The van der Waals surface area contributed by atoms with Crippen molar-refractivity contribution in [3.8, 4) is 5.75 Å². The topological polar surface area (TPSA) is 82.5 Å². The van der Waals surface area contributed by atoms with Gasteiger partial charge in [0.05, 0.1) is 12.1 Å². The summed E-state index contributed by atoms with van der Waals surface area (Å²) in [5, 5.41) is 23.9. The number of nitrogens with zero attached hydrogens (tertiary/aromatic N) is 1. The number of carbonyl (C=O) groups excluding carboxylic acids is 1. The molecule has 0 saturated heterocycles. The number of hydrogen-bond donors (Lipinski definition) is 3. The summed E-state index contributed by atoms with van der Waals surface area (Å²) >= 11 is 0. The van der Waals surface area contributed by atoms with Crippen LogP contribution in [0.5, 0.6) is 5.75 Å². The van der Waals surface area contributed by atoms with Crippen molar-refractivity contribution >= 4 is 5.91 Å². The van der Waals surface area contributed by atoms with E-state index in [1.165, 1.54) is 31.9 Å². The predicted molar refractivity (Wildman–Crippen MR) is 89.6 cm³/mol.